The fourth-order valence-corrected chi connectivity index (χ4v) is 2.89. The van der Waals surface area contributed by atoms with Crippen LogP contribution in [0.4, 0.5) is 0 Å². The Morgan fingerprint density at radius 3 is 2.78 bits per heavy atom. The van der Waals surface area contributed by atoms with Crippen molar-refractivity contribution in [3.8, 4) is 5.95 Å². The summed E-state index contributed by atoms with van der Waals surface area (Å²) in [6.07, 6.45) is 3.25. The number of aryl methyl sites for hydroxylation is 1. The molecule has 7 nitrogen and oxygen atoms in total. The third-order valence-corrected chi connectivity index (χ3v) is 4.14. The molecule has 0 bridgehead atoms. The molecule has 3 heterocycles. The van der Waals surface area contributed by atoms with Crippen molar-refractivity contribution in [2.45, 2.75) is 19.9 Å². The minimum Gasteiger partial charge on any atom is -0.342 e. The first-order chi connectivity index (χ1) is 11.0. The molecule has 1 amide bonds. The summed E-state index contributed by atoms with van der Waals surface area (Å²) in [7, 11) is 0. The largest absolute Gasteiger partial charge is 0.342 e. The second kappa shape index (κ2) is 6.43. The molecule has 0 aliphatic rings. The van der Waals surface area contributed by atoms with Gasteiger partial charge >= 0.3 is 0 Å². The van der Waals surface area contributed by atoms with E-state index in [0.29, 0.717) is 27.5 Å². The number of nitrogens with one attached hydrogen (secondary N) is 1. The molecular formula is C14H13ClN6OS. The van der Waals surface area contributed by atoms with Gasteiger partial charge in [-0.2, -0.15) is 4.68 Å². The Morgan fingerprint density at radius 2 is 2.13 bits per heavy atom. The number of halogens is 1. The molecule has 0 spiro atoms. The van der Waals surface area contributed by atoms with Crippen molar-refractivity contribution in [1.29, 1.82) is 0 Å². The lowest BCUT2D eigenvalue weighted by Gasteiger charge is -2.13. The molecule has 3 rings (SSSR count). The normalized spacial score (nSPS) is 12.1. The number of rotatable bonds is 4. The van der Waals surface area contributed by atoms with Crippen LogP contribution < -0.4 is 5.32 Å². The predicted octanol–water partition coefficient (Wildman–Crippen LogP) is 2.57. The van der Waals surface area contributed by atoms with Crippen molar-refractivity contribution >= 4 is 28.8 Å². The van der Waals surface area contributed by atoms with Crippen molar-refractivity contribution in [2.75, 3.05) is 0 Å². The van der Waals surface area contributed by atoms with Crippen LogP contribution >= 0.6 is 22.9 Å². The zero-order valence-electron chi connectivity index (χ0n) is 12.4. The average Bonchev–Trinajstić information content (AvgIpc) is 3.14. The van der Waals surface area contributed by atoms with Crippen LogP contribution in [0.5, 0.6) is 0 Å². The number of carbonyl (C=O) groups excluding carboxylic acids is 1. The zero-order valence-corrected chi connectivity index (χ0v) is 14.0. The molecule has 118 valence electrons. The topological polar surface area (TPSA) is 85.6 Å². The number of carbonyl (C=O) groups is 1. The number of aromatic nitrogens is 5. The maximum atomic E-state index is 12.2. The van der Waals surface area contributed by atoms with Crippen LogP contribution in [0, 0.1) is 6.92 Å². The van der Waals surface area contributed by atoms with Crippen LogP contribution in [0.2, 0.25) is 4.34 Å². The Balaban J connectivity index is 1.85. The smallest absolute Gasteiger partial charge is 0.252 e. The van der Waals surface area contributed by atoms with Crippen molar-refractivity contribution in [2.24, 2.45) is 0 Å². The highest BCUT2D eigenvalue weighted by atomic mass is 35.5. The van der Waals surface area contributed by atoms with Gasteiger partial charge in [-0.25, -0.2) is 15.0 Å². The molecule has 0 unspecified atom stereocenters. The summed E-state index contributed by atoms with van der Waals surface area (Å²) in [6.45, 7) is 3.60. The SMILES string of the molecule is Cc1nc([C@H](C)NC(=O)c2csc(Cl)c2)n(-c2ncccn2)n1. The predicted molar refractivity (Wildman–Crippen MR) is 86.9 cm³/mol. The Morgan fingerprint density at radius 1 is 1.39 bits per heavy atom. The highest BCUT2D eigenvalue weighted by Crippen LogP contribution is 2.21. The first kappa shape index (κ1) is 15.6. The van der Waals surface area contributed by atoms with Crippen LogP contribution in [0.3, 0.4) is 0 Å². The molecule has 0 aliphatic carbocycles. The molecule has 1 atom stereocenters. The third kappa shape index (κ3) is 3.38. The van der Waals surface area contributed by atoms with Gasteiger partial charge in [-0.3, -0.25) is 4.79 Å². The van der Waals surface area contributed by atoms with Crippen LogP contribution in [0.1, 0.15) is 35.0 Å². The molecule has 0 aromatic carbocycles. The van der Waals surface area contributed by atoms with Gasteiger partial charge in [0, 0.05) is 17.8 Å². The summed E-state index contributed by atoms with van der Waals surface area (Å²) >= 11 is 7.17. The quantitative estimate of drug-likeness (QED) is 0.783. The van der Waals surface area contributed by atoms with Crippen molar-refractivity contribution in [3.63, 3.8) is 0 Å². The minimum atomic E-state index is -0.369. The van der Waals surface area contributed by atoms with Gasteiger partial charge < -0.3 is 5.32 Å². The number of nitrogens with zero attached hydrogens (tertiary/aromatic N) is 5. The summed E-state index contributed by atoms with van der Waals surface area (Å²) in [4.78, 5) is 25.0. The number of thiophene rings is 1. The number of hydrogen-bond donors (Lipinski definition) is 1. The van der Waals surface area contributed by atoms with Gasteiger partial charge in [0.05, 0.1) is 15.9 Å². The maximum Gasteiger partial charge on any atom is 0.252 e. The lowest BCUT2D eigenvalue weighted by atomic mass is 10.2. The van der Waals surface area contributed by atoms with Gasteiger partial charge in [-0.15, -0.1) is 16.4 Å². The lowest BCUT2D eigenvalue weighted by Crippen LogP contribution is -2.28. The second-order valence-corrected chi connectivity index (χ2v) is 6.35. The van der Waals surface area contributed by atoms with E-state index in [4.69, 9.17) is 11.6 Å². The van der Waals surface area contributed by atoms with E-state index in [1.54, 1.807) is 36.8 Å². The Kier molecular flexibility index (Phi) is 4.35. The zero-order chi connectivity index (χ0) is 16.4. The average molecular weight is 349 g/mol. The van der Waals surface area contributed by atoms with E-state index in [9.17, 15) is 4.79 Å². The van der Waals surface area contributed by atoms with Gasteiger partial charge in [-0.05, 0) is 26.0 Å². The van der Waals surface area contributed by atoms with Gasteiger partial charge in [0.2, 0.25) is 0 Å². The molecule has 23 heavy (non-hydrogen) atoms. The van der Waals surface area contributed by atoms with Gasteiger partial charge in [-0.1, -0.05) is 11.6 Å². The fourth-order valence-electron chi connectivity index (χ4n) is 2.03. The summed E-state index contributed by atoms with van der Waals surface area (Å²) in [6, 6.07) is 2.98. The molecule has 0 radical (unpaired) electrons. The summed E-state index contributed by atoms with van der Waals surface area (Å²) in [5.74, 6) is 1.32. The van der Waals surface area contributed by atoms with E-state index in [1.165, 1.54) is 16.0 Å². The van der Waals surface area contributed by atoms with E-state index in [0.717, 1.165) is 0 Å². The minimum absolute atomic E-state index is 0.221. The lowest BCUT2D eigenvalue weighted by molar-refractivity contribution is 0.0938. The van der Waals surface area contributed by atoms with Crippen LogP contribution in [-0.2, 0) is 0 Å². The molecule has 1 N–H and O–H groups in total. The standard InChI is InChI=1S/C14H13ClN6OS/c1-8(18-13(22)10-6-11(15)23-7-10)12-19-9(2)20-21(12)14-16-4-3-5-17-14/h3-8H,1-2H3,(H,18,22)/t8-/m0/s1. The summed E-state index contributed by atoms with van der Waals surface area (Å²) < 4.78 is 2.10. The van der Waals surface area contributed by atoms with E-state index < -0.39 is 0 Å². The summed E-state index contributed by atoms with van der Waals surface area (Å²) in [5.41, 5.74) is 0.519. The molecular weight excluding hydrogens is 336 g/mol. The number of hydrogen-bond acceptors (Lipinski definition) is 6. The highest BCUT2D eigenvalue weighted by Gasteiger charge is 2.20. The monoisotopic (exact) mass is 348 g/mol. The summed E-state index contributed by atoms with van der Waals surface area (Å²) in [5, 5.41) is 8.88. The Bertz CT molecular complexity index is 831. The van der Waals surface area contributed by atoms with Crippen molar-refractivity contribution < 1.29 is 4.79 Å². The van der Waals surface area contributed by atoms with Crippen molar-refractivity contribution in [3.05, 3.63) is 51.5 Å². The van der Waals surface area contributed by atoms with E-state index in [2.05, 4.69) is 25.4 Å². The highest BCUT2D eigenvalue weighted by molar-refractivity contribution is 7.14. The van der Waals surface area contributed by atoms with Gasteiger partial charge in [0.1, 0.15) is 5.82 Å². The molecule has 0 fully saturated rings. The maximum absolute atomic E-state index is 12.2. The molecule has 3 aromatic heterocycles. The van der Waals surface area contributed by atoms with E-state index >= 15 is 0 Å². The second-order valence-electron chi connectivity index (χ2n) is 4.81. The molecule has 3 aromatic rings. The fraction of sp³-hybridized carbons (Fsp3) is 0.214. The molecule has 0 saturated carbocycles. The van der Waals surface area contributed by atoms with Gasteiger partial charge in [0.15, 0.2) is 5.82 Å². The number of amides is 1. The Labute approximate surface area is 141 Å². The van der Waals surface area contributed by atoms with Crippen LogP contribution in [0.15, 0.2) is 29.9 Å². The van der Waals surface area contributed by atoms with Crippen LogP contribution in [0.25, 0.3) is 5.95 Å². The molecule has 0 aliphatic heterocycles. The van der Waals surface area contributed by atoms with Gasteiger partial charge in [0.25, 0.3) is 11.9 Å². The third-order valence-electron chi connectivity index (χ3n) is 3.04. The Hall–Kier alpha value is -2.32. The van der Waals surface area contributed by atoms with Crippen LogP contribution in [-0.4, -0.2) is 30.6 Å². The first-order valence-electron chi connectivity index (χ1n) is 6.80. The van der Waals surface area contributed by atoms with E-state index in [-0.39, 0.29) is 11.9 Å². The van der Waals surface area contributed by atoms with E-state index in [1.807, 2.05) is 6.92 Å². The molecule has 9 heteroatoms. The van der Waals surface area contributed by atoms with Crippen molar-refractivity contribution in [1.82, 2.24) is 30.0 Å². The molecule has 0 saturated heterocycles. The first-order valence-corrected chi connectivity index (χ1v) is 8.06.